The molecule has 0 spiro atoms. The zero-order chi connectivity index (χ0) is 13.6. The van der Waals surface area contributed by atoms with Gasteiger partial charge in [0.05, 0.1) is 11.8 Å². The maximum Gasteiger partial charge on any atom is 0.329 e. The normalized spacial score (nSPS) is 12.9. The summed E-state index contributed by atoms with van der Waals surface area (Å²) in [6.07, 6.45) is 6.07. The molecule has 0 unspecified atom stereocenters. The lowest BCUT2D eigenvalue weighted by Gasteiger charge is -2.03. The van der Waals surface area contributed by atoms with Crippen LogP contribution in [0, 0.1) is 5.21 Å². The Bertz CT molecular complexity index is 503. The third-order valence-corrected chi connectivity index (χ3v) is 3.21. The highest BCUT2D eigenvalue weighted by Gasteiger charge is 2.20. The van der Waals surface area contributed by atoms with Gasteiger partial charge < -0.3 is 9.62 Å². The van der Waals surface area contributed by atoms with Crippen molar-refractivity contribution in [3.05, 3.63) is 23.1 Å². The third kappa shape index (κ3) is 4.50. The van der Waals surface area contributed by atoms with Crippen LogP contribution in [0.25, 0.3) is 0 Å². The first-order chi connectivity index (χ1) is 8.45. The Morgan fingerprint density at radius 3 is 2.78 bits per heavy atom. The van der Waals surface area contributed by atoms with Gasteiger partial charge in [-0.2, -0.15) is 8.42 Å². The Balaban J connectivity index is 2.68. The van der Waals surface area contributed by atoms with Gasteiger partial charge in [-0.05, 0) is 12.5 Å². The van der Waals surface area contributed by atoms with Gasteiger partial charge in [0.1, 0.15) is 0 Å². The lowest BCUT2D eigenvalue weighted by molar-refractivity contribution is -0.453. The summed E-state index contributed by atoms with van der Waals surface area (Å²) >= 11 is 0. The van der Waals surface area contributed by atoms with Gasteiger partial charge in [0.15, 0.2) is 12.8 Å². The number of hydrogen-bond donors (Lipinski definition) is 1. The highest BCUT2D eigenvalue weighted by atomic mass is 32.2. The zero-order valence-corrected chi connectivity index (χ0v) is 11.0. The first kappa shape index (κ1) is 14.7. The van der Waals surface area contributed by atoms with Gasteiger partial charge in [0.25, 0.3) is 5.09 Å². The topological polar surface area (TPSA) is 93.6 Å². The Morgan fingerprint density at radius 2 is 2.17 bits per heavy atom. The molecule has 0 fully saturated rings. The molecule has 0 aliphatic rings. The van der Waals surface area contributed by atoms with Gasteiger partial charge in [-0.1, -0.05) is 19.8 Å². The van der Waals surface area contributed by atoms with Crippen LogP contribution in [0.3, 0.4) is 0 Å². The molecule has 0 atom stereocenters. The van der Waals surface area contributed by atoms with Crippen molar-refractivity contribution in [2.24, 2.45) is 0 Å². The molecule has 0 aliphatic carbocycles. The SMILES string of the molecule is CCCCCC[N+]([O-])=Cc1ccoc1S(=O)(=O)O. The second kappa shape index (κ2) is 6.55. The van der Waals surface area contributed by atoms with Crippen LogP contribution in [0.4, 0.5) is 0 Å². The highest BCUT2D eigenvalue weighted by molar-refractivity contribution is 7.85. The fourth-order valence-corrected chi connectivity index (χ4v) is 2.12. The third-order valence-electron chi connectivity index (χ3n) is 2.41. The molecule has 1 aromatic rings. The van der Waals surface area contributed by atoms with Gasteiger partial charge in [0, 0.05) is 6.42 Å². The summed E-state index contributed by atoms with van der Waals surface area (Å²) in [7, 11) is -4.43. The molecule has 7 heteroatoms. The van der Waals surface area contributed by atoms with E-state index in [9.17, 15) is 13.6 Å². The van der Waals surface area contributed by atoms with Crippen molar-refractivity contribution < 1.29 is 22.1 Å². The lowest BCUT2D eigenvalue weighted by Crippen LogP contribution is -2.09. The zero-order valence-electron chi connectivity index (χ0n) is 10.2. The van der Waals surface area contributed by atoms with Crippen LogP contribution in [0.2, 0.25) is 0 Å². The van der Waals surface area contributed by atoms with E-state index in [0.717, 1.165) is 38.2 Å². The number of hydroxylamine groups is 1. The molecule has 6 nitrogen and oxygen atoms in total. The van der Waals surface area contributed by atoms with E-state index in [2.05, 4.69) is 11.3 Å². The second-order valence-corrected chi connectivity index (χ2v) is 5.29. The van der Waals surface area contributed by atoms with Gasteiger partial charge in [-0.3, -0.25) is 4.55 Å². The van der Waals surface area contributed by atoms with Crippen LogP contribution in [0.1, 0.15) is 38.2 Å². The Kier molecular flexibility index (Phi) is 5.36. The minimum Gasteiger partial charge on any atom is -0.624 e. The molecule has 0 bridgehead atoms. The van der Waals surface area contributed by atoms with Crippen LogP contribution in [0.5, 0.6) is 0 Å². The molecular formula is C11H17NO5S. The van der Waals surface area contributed by atoms with Crippen molar-refractivity contribution >= 4 is 16.3 Å². The first-order valence-corrected chi connectivity index (χ1v) is 7.22. The molecule has 0 radical (unpaired) electrons. The Labute approximate surface area is 106 Å². The van der Waals surface area contributed by atoms with E-state index in [0.29, 0.717) is 4.74 Å². The monoisotopic (exact) mass is 275 g/mol. The Hall–Kier alpha value is -1.34. The molecule has 18 heavy (non-hydrogen) atoms. The molecule has 102 valence electrons. The van der Waals surface area contributed by atoms with Crippen molar-refractivity contribution in [1.82, 2.24) is 0 Å². The Morgan fingerprint density at radius 1 is 1.44 bits per heavy atom. The number of unbranched alkanes of at least 4 members (excludes halogenated alkanes) is 3. The van der Waals surface area contributed by atoms with E-state index in [1.807, 2.05) is 0 Å². The molecule has 0 saturated heterocycles. The smallest absolute Gasteiger partial charge is 0.329 e. The minimum absolute atomic E-state index is 0.0583. The molecular weight excluding hydrogens is 258 g/mol. The van der Waals surface area contributed by atoms with E-state index in [4.69, 9.17) is 4.55 Å². The highest BCUT2D eigenvalue weighted by Crippen LogP contribution is 2.14. The summed E-state index contributed by atoms with van der Waals surface area (Å²) in [6, 6.07) is 1.32. The maximum atomic E-state index is 11.5. The molecule has 1 rings (SSSR count). The largest absolute Gasteiger partial charge is 0.624 e. The molecule has 0 saturated carbocycles. The van der Waals surface area contributed by atoms with E-state index in [-0.39, 0.29) is 12.1 Å². The van der Waals surface area contributed by atoms with E-state index in [1.165, 1.54) is 6.07 Å². The average Bonchev–Trinajstić information content (AvgIpc) is 2.72. The van der Waals surface area contributed by atoms with E-state index in [1.54, 1.807) is 0 Å². The molecule has 0 aliphatic heterocycles. The van der Waals surface area contributed by atoms with Gasteiger partial charge >= 0.3 is 10.1 Å². The number of rotatable bonds is 7. The summed E-state index contributed by atoms with van der Waals surface area (Å²) in [6.45, 7) is 2.36. The second-order valence-electron chi connectivity index (χ2n) is 3.97. The van der Waals surface area contributed by atoms with Crippen molar-refractivity contribution in [3.63, 3.8) is 0 Å². The van der Waals surface area contributed by atoms with Crippen molar-refractivity contribution in [1.29, 1.82) is 0 Å². The maximum absolute atomic E-state index is 11.5. The standard InChI is InChI=1S/C11H17NO5S/c1-2-3-4-5-7-12(13)9-10-6-8-17-11(10)18(14,15)16/h6,8-9H,2-5,7H2,1H3,(H,14,15,16). The molecule has 1 aromatic heterocycles. The molecule has 0 amide bonds. The predicted molar refractivity (Wildman–Crippen MR) is 66.3 cm³/mol. The quantitative estimate of drug-likeness (QED) is 0.205. The predicted octanol–water partition coefficient (Wildman–Crippen LogP) is 2.04. The molecule has 1 heterocycles. The minimum atomic E-state index is -4.43. The number of nitrogens with zero attached hydrogens (tertiary/aromatic N) is 1. The van der Waals surface area contributed by atoms with Crippen LogP contribution in [-0.2, 0) is 10.1 Å². The van der Waals surface area contributed by atoms with Gasteiger partial charge in [-0.15, -0.1) is 0 Å². The summed E-state index contributed by atoms with van der Waals surface area (Å²) in [5.74, 6) is 0. The van der Waals surface area contributed by atoms with Gasteiger partial charge in [-0.25, -0.2) is 4.74 Å². The van der Waals surface area contributed by atoms with Crippen LogP contribution in [0.15, 0.2) is 21.8 Å². The average molecular weight is 275 g/mol. The van der Waals surface area contributed by atoms with Crippen LogP contribution >= 0.6 is 0 Å². The van der Waals surface area contributed by atoms with Crippen molar-refractivity contribution in [2.75, 3.05) is 6.54 Å². The van der Waals surface area contributed by atoms with E-state index >= 15 is 0 Å². The van der Waals surface area contributed by atoms with E-state index < -0.39 is 15.2 Å². The molecule has 0 aromatic carbocycles. The van der Waals surface area contributed by atoms with Crippen LogP contribution in [-0.4, -0.2) is 30.5 Å². The summed E-state index contributed by atoms with van der Waals surface area (Å²) in [5, 5.41) is 10.9. The van der Waals surface area contributed by atoms with Gasteiger partial charge in [0.2, 0.25) is 0 Å². The number of furan rings is 1. The molecule has 1 N–H and O–H groups in total. The summed E-state index contributed by atoms with van der Waals surface area (Å²) in [4.78, 5) is 0. The lowest BCUT2D eigenvalue weighted by atomic mass is 10.2. The number of hydrogen-bond acceptors (Lipinski definition) is 4. The fourth-order valence-electron chi connectivity index (χ4n) is 1.52. The van der Waals surface area contributed by atoms with Crippen molar-refractivity contribution in [3.8, 4) is 0 Å². The fraction of sp³-hybridized carbons (Fsp3) is 0.545. The van der Waals surface area contributed by atoms with Crippen molar-refractivity contribution in [2.45, 2.75) is 37.7 Å². The summed E-state index contributed by atoms with van der Waals surface area (Å²) < 4.78 is 36.0. The summed E-state index contributed by atoms with van der Waals surface area (Å²) in [5.41, 5.74) is 0.0583. The van der Waals surface area contributed by atoms with Crippen LogP contribution < -0.4 is 0 Å². The first-order valence-electron chi connectivity index (χ1n) is 5.78.